The minimum atomic E-state index is -0.0241. The summed E-state index contributed by atoms with van der Waals surface area (Å²) < 4.78 is 0. The van der Waals surface area contributed by atoms with Crippen molar-refractivity contribution in [1.29, 1.82) is 0 Å². The highest BCUT2D eigenvalue weighted by Crippen LogP contribution is 2.17. The number of piperazine rings is 1. The Kier molecular flexibility index (Phi) is 3.62. The van der Waals surface area contributed by atoms with E-state index < -0.39 is 0 Å². The first-order valence-electron chi connectivity index (χ1n) is 6.72. The lowest BCUT2D eigenvalue weighted by Crippen LogP contribution is -2.47. The predicted molar refractivity (Wildman–Crippen MR) is 76.5 cm³/mol. The zero-order valence-corrected chi connectivity index (χ0v) is 11.5. The van der Waals surface area contributed by atoms with Gasteiger partial charge < -0.3 is 10.2 Å². The fourth-order valence-electron chi connectivity index (χ4n) is 2.33. The number of likely N-dealkylation sites (N-methyl/N-ethyl adjacent to an activating group) is 1. The largest absolute Gasteiger partial charge is 0.309 e. The van der Waals surface area contributed by atoms with Crippen LogP contribution in [0.4, 0.5) is 5.82 Å². The molecule has 1 amide bonds. The van der Waals surface area contributed by atoms with Crippen LogP contribution >= 0.6 is 0 Å². The van der Waals surface area contributed by atoms with Crippen LogP contribution in [0.3, 0.4) is 0 Å². The van der Waals surface area contributed by atoms with Crippen LogP contribution in [0.5, 0.6) is 0 Å². The molecular formula is C13H18N6O. The smallest absolute Gasteiger partial charge is 0.239 e. The van der Waals surface area contributed by atoms with Gasteiger partial charge in [-0.15, -0.1) is 0 Å². The number of aromatic amines is 1. The first-order valence-corrected chi connectivity index (χ1v) is 6.72. The number of nitrogens with one attached hydrogen (secondary N) is 2. The van der Waals surface area contributed by atoms with E-state index in [-0.39, 0.29) is 5.91 Å². The Morgan fingerprint density at radius 2 is 2.20 bits per heavy atom. The maximum atomic E-state index is 12.1. The van der Waals surface area contributed by atoms with Crippen molar-refractivity contribution >= 4 is 22.8 Å². The third kappa shape index (κ3) is 2.78. The molecule has 0 aromatic carbocycles. The second-order valence-corrected chi connectivity index (χ2v) is 5.10. The Bertz CT molecular complexity index is 602. The Labute approximate surface area is 117 Å². The molecule has 0 spiro atoms. The van der Waals surface area contributed by atoms with E-state index in [0.29, 0.717) is 18.0 Å². The van der Waals surface area contributed by atoms with Gasteiger partial charge in [0.2, 0.25) is 5.91 Å². The van der Waals surface area contributed by atoms with E-state index in [0.717, 1.165) is 31.6 Å². The van der Waals surface area contributed by atoms with Crippen molar-refractivity contribution in [3.8, 4) is 0 Å². The van der Waals surface area contributed by atoms with Gasteiger partial charge >= 0.3 is 0 Å². The summed E-state index contributed by atoms with van der Waals surface area (Å²) in [4.78, 5) is 20.6. The number of anilines is 1. The van der Waals surface area contributed by atoms with Crippen LogP contribution in [0.25, 0.3) is 11.0 Å². The molecule has 0 aliphatic carbocycles. The number of pyridine rings is 1. The highest BCUT2D eigenvalue weighted by Gasteiger charge is 2.17. The Balaban J connectivity index is 1.61. The minimum absolute atomic E-state index is 0.0241. The molecular weight excluding hydrogens is 256 g/mol. The Morgan fingerprint density at radius 1 is 1.40 bits per heavy atom. The van der Waals surface area contributed by atoms with Gasteiger partial charge in [0.25, 0.3) is 0 Å². The fraction of sp³-hybridized carbons (Fsp3) is 0.462. The van der Waals surface area contributed by atoms with Crippen LogP contribution in [0.2, 0.25) is 0 Å². The SMILES string of the molecule is CN1CCN(CC(=O)Nc2[nH]nc3ncccc23)CC1. The molecule has 0 saturated carbocycles. The zero-order chi connectivity index (χ0) is 13.9. The molecule has 0 radical (unpaired) electrons. The first kappa shape index (κ1) is 13.0. The summed E-state index contributed by atoms with van der Waals surface area (Å²) in [6.45, 7) is 4.27. The molecule has 0 bridgehead atoms. The zero-order valence-electron chi connectivity index (χ0n) is 11.5. The van der Waals surface area contributed by atoms with Gasteiger partial charge in [0, 0.05) is 32.4 Å². The molecule has 1 fully saturated rings. The maximum absolute atomic E-state index is 12.1. The van der Waals surface area contributed by atoms with E-state index in [1.807, 2.05) is 12.1 Å². The summed E-state index contributed by atoms with van der Waals surface area (Å²) >= 11 is 0. The van der Waals surface area contributed by atoms with E-state index in [1.54, 1.807) is 6.20 Å². The van der Waals surface area contributed by atoms with Gasteiger partial charge in [-0.2, -0.15) is 5.10 Å². The standard InChI is InChI=1S/C13H18N6O/c1-18-5-7-19(8-6-18)9-11(20)15-13-10-3-2-4-14-12(10)16-17-13/h2-4H,5-9H2,1H3,(H2,14,15,16,17,20). The van der Waals surface area contributed by atoms with E-state index >= 15 is 0 Å². The van der Waals surface area contributed by atoms with Crippen LogP contribution in [-0.4, -0.2) is 70.7 Å². The van der Waals surface area contributed by atoms with Crippen LogP contribution in [0.1, 0.15) is 0 Å². The van der Waals surface area contributed by atoms with Gasteiger partial charge in [0.1, 0.15) is 5.82 Å². The number of amides is 1. The summed E-state index contributed by atoms with van der Waals surface area (Å²) in [5.41, 5.74) is 0.613. The normalized spacial score (nSPS) is 17.4. The summed E-state index contributed by atoms with van der Waals surface area (Å²) in [5.74, 6) is 0.594. The van der Waals surface area contributed by atoms with Gasteiger partial charge in [-0.05, 0) is 19.2 Å². The molecule has 2 aromatic heterocycles. The van der Waals surface area contributed by atoms with E-state index in [1.165, 1.54) is 0 Å². The van der Waals surface area contributed by atoms with Gasteiger partial charge in [-0.3, -0.25) is 14.8 Å². The van der Waals surface area contributed by atoms with Crippen molar-refractivity contribution in [3.63, 3.8) is 0 Å². The average molecular weight is 274 g/mol. The molecule has 7 heteroatoms. The van der Waals surface area contributed by atoms with Gasteiger partial charge in [-0.25, -0.2) is 4.98 Å². The molecule has 0 atom stereocenters. The number of fused-ring (bicyclic) bond motifs is 1. The number of nitrogens with zero attached hydrogens (tertiary/aromatic N) is 4. The molecule has 3 rings (SSSR count). The van der Waals surface area contributed by atoms with Crippen molar-refractivity contribution in [1.82, 2.24) is 25.0 Å². The van der Waals surface area contributed by atoms with Crippen molar-refractivity contribution in [2.24, 2.45) is 0 Å². The van der Waals surface area contributed by atoms with E-state index in [9.17, 15) is 4.79 Å². The highest BCUT2D eigenvalue weighted by atomic mass is 16.2. The molecule has 3 heterocycles. The van der Waals surface area contributed by atoms with E-state index in [2.05, 4.69) is 37.3 Å². The number of carbonyl (C=O) groups excluding carboxylic acids is 1. The lowest BCUT2D eigenvalue weighted by molar-refractivity contribution is -0.117. The van der Waals surface area contributed by atoms with Crippen LogP contribution in [-0.2, 0) is 4.79 Å². The number of aromatic nitrogens is 3. The summed E-state index contributed by atoms with van der Waals surface area (Å²) in [6.07, 6.45) is 1.68. The maximum Gasteiger partial charge on any atom is 0.239 e. The lowest BCUT2D eigenvalue weighted by Gasteiger charge is -2.31. The summed E-state index contributed by atoms with van der Waals surface area (Å²) in [7, 11) is 2.10. The molecule has 1 aliphatic heterocycles. The minimum Gasteiger partial charge on any atom is -0.309 e. The molecule has 106 valence electrons. The molecule has 1 aliphatic rings. The lowest BCUT2D eigenvalue weighted by atomic mass is 10.3. The highest BCUT2D eigenvalue weighted by molar-refractivity contribution is 5.99. The first-order chi connectivity index (χ1) is 9.72. The molecule has 7 nitrogen and oxygen atoms in total. The predicted octanol–water partition coefficient (Wildman–Crippen LogP) is 0.144. The van der Waals surface area contributed by atoms with Crippen LogP contribution in [0, 0.1) is 0 Å². The Morgan fingerprint density at radius 3 is 3.00 bits per heavy atom. The average Bonchev–Trinajstić information content (AvgIpc) is 2.85. The van der Waals surface area contributed by atoms with Gasteiger partial charge in [0.05, 0.1) is 11.9 Å². The van der Waals surface area contributed by atoms with Crippen molar-refractivity contribution < 1.29 is 4.79 Å². The topological polar surface area (TPSA) is 77.1 Å². The van der Waals surface area contributed by atoms with Crippen molar-refractivity contribution in [2.45, 2.75) is 0 Å². The molecule has 20 heavy (non-hydrogen) atoms. The summed E-state index contributed by atoms with van der Waals surface area (Å²) in [5, 5.41) is 10.6. The number of hydrogen-bond acceptors (Lipinski definition) is 5. The van der Waals surface area contributed by atoms with Crippen LogP contribution in [0.15, 0.2) is 18.3 Å². The second kappa shape index (κ2) is 5.56. The third-order valence-electron chi connectivity index (χ3n) is 3.56. The van der Waals surface area contributed by atoms with E-state index in [4.69, 9.17) is 0 Å². The summed E-state index contributed by atoms with van der Waals surface area (Å²) in [6, 6.07) is 3.71. The number of rotatable bonds is 3. The van der Waals surface area contributed by atoms with Crippen LogP contribution < -0.4 is 5.32 Å². The number of hydrogen-bond donors (Lipinski definition) is 2. The second-order valence-electron chi connectivity index (χ2n) is 5.10. The Hall–Kier alpha value is -1.99. The molecule has 2 N–H and O–H groups in total. The number of carbonyl (C=O) groups is 1. The molecule has 1 saturated heterocycles. The quantitative estimate of drug-likeness (QED) is 0.833. The molecule has 2 aromatic rings. The van der Waals surface area contributed by atoms with Crippen molar-refractivity contribution in [3.05, 3.63) is 18.3 Å². The molecule has 0 unspecified atom stereocenters. The van der Waals surface area contributed by atoms with Gasteiger partial charge in [-0.1, -0.05) is 0 Å². The van der Waals surface area contributed by atoms with Gasteiger partial charge in [0.15, 0.2) is 5.65 Å². The monoisotopic (exact) mass is 274 g/mol. The number of H-pyrrole nitrogens is 1. The fourth-order valence-corrected chi connectivity index (χ4v) is 2.33. The third-order valence-corrected chi connectivity index (χ3v) is 3.56. The van der Waals surface area contributed by atoms with Crippen molar-refractivity contribution in [2.75, 3.05) is 45.1 Å².